The highest BCUT2D eigenvalue weighted by molar-refractivity contribution is 6.33. The monoisotopic (exact) mass is 816 g/mol. The molecular formula is C43H45ClN10O5. The first-order valence-corrected chi connectivity index (χ1v) is 20.8. The van der Waals surface area contributed by atoms with E-state index in [2.05, 4.69) is 38.0 Å². The lowest BCUT2D eigenvalue weighted by atomic mass is 9.61. The summed E-state index contributed by atoms with van der Waals surface area (Å²) >= 11 is 6.45. The van der Waals surface area contributed by atoms with Gasteiger partial charge in [0.25, 0.3) is 11.8 Å². The van der Waals surface area contributed by atoms with Crippen LogP contribution in [0.15, 0.2) is 67.0 Å². The number of nitrogens with zero attached hydrogens (tertiary/aromatic N) is 7. The summed E-state index contributed by atoms with van der Waals surface area (Å²) in [5.74, 6) is 1.01. The van der Waals surface area contributed by atoms with E-state index >= 15 is 0 Å². The van der Waals surface area contributed by atoms with Crippen LogP contribution < -0.4 is 30.5 Å². The first-order chi connectivity index (χ1) is 28.6. The number of carbonyl (C=O) groups is 3. The first kappa shape index (κ1) is 37.3. The lowest BCUT2D eigenvalue weighted by Gasteiger charge is -2.51. The van der Waals surface area contributed by atoms with Gasteiger partial charge in [-0.2, -0.15) is 0 Å². The molecule has 2 aliphatic carbocycles. The van der Waals surface area contributed by atoms with Gasteiger partial charge >= 0.3 is 0 Å². The van der Waals surface area contributed by atoms with Gasteiger partial charge in [0.15, 0.2) is 17.2 Å². The number of imidazole rings is 1. The summed E-state index contributed by atoms with van der Waals surface area (Å²) in [5.41, 5.74) is 7.18. The van der Waals surface area contributed by atoms with Crippen LogP contribution in [0.1, 0.15) is 71.4 Å². The highest BCUT2D eigenvalue weighted by Gasteiger charge is 2.48. The van der Waals surface area contributed by atoms with Gasteiger partial charge in [0.1, 0.15) is 5.75 Å². The molecule has 59 heavy (non-hydrogen) atoms. The number of ether oxygens (including phenoxy) is 1. The Morgan fingerprint density at radius 2 is 1.80 bits per heavy atom. The summed E-state index contributed by atoms with van der Waals surface area (Å²) < 4.78 is 8.05. The average Bonchev–Trinajstić information content (AvgIpc) is 3.76. The quantitative estimate of drug-likeness (QED) is 0.156. The Labute approximate surface area is 345 Å². The minimum atomic E-state index is -1.20. The molecule has 15 nitrogen and oxygen atoms in total. The summed E-state index contributed by atoms with van der Waals surface area (Å²) in [5, 5.41) is 24.5. The maximum Gasteiger partial charge on any atom is 0.271 e. The first-order valence-electron chi connectivity index (χ1n) is 20.4. The van der Waals surface area contributed by atoms with E-state index in [9.17, 15) is 19.5 Å². The number of aliphatic hydroxyl groups is 1. The molecule has 1 spiro atoms. The number of aliphatic hydroxyl groups excluding tert-OH is 1. The normalized spacial score (nSPS) is 20.0. The van der Waals surface area contributed by atoms with E-state index in [0.29, 0.717) is 47.2 Å². The number of hydrogen-bond donors (Lipinski definition) is 4. The van der Waals surface area contributed by atoms with Crippen LogP contribution in [0.4, 0.5) is 22.9 Å². The average molecular weight is 817 g/mol. The number of likely N-dealkylation sites (tertiary alicyclic amines) is 1. The number of piperidine rings is 1. The third-order valence-electron chi connectivity index (χ3n) is 12.6. The number of pyridine rings is 1. The summed E-state index contributed by atoms with van der Waals surface area (Å²) in [7, 11) is 1.85. The van der Waals surface area contributed by atoms with Gasteiger partial charge in [-0.05, 0) is 92.3 Å². The molecule has 5 aliphatic rings. The Balaban J connectivity index is 0.767. The number of nitrogens with one attached hydrogen (secondary N) is 3. The summed E-state index contributed by atoms with van der Waals surface area (Å²) in [6.07, 6.45) is 9.03. The van der Waals surface area contributed by atoms with Crippen LogP contribution in [0.5, 0.6) is 5.75 Å². The van der Waals surface area contributed by atoms with Crippen molar-refractivity contribution in [3.05, 3.63) is 88.8 Å². The Bertz CT molecular complexity index is 2470. The Hall–Kier alpha value is -5.93. The van der Waals surface area contributed by atoms with E-state index in [1.165, 1.54) is 5.56 Å². The lowest BCUT2D eigenvalue weighted by Crippen LogP contribution is -2.54. The number of aromatic nitrogens is 4. The third-order valence-corrected chi connectivity index (χ3v) is 12.9. The fourth-order valence-electron chi connectivity index (χ4n) is 9.15. The Morgan fingerprint density at radius 3 is 2.54 bits per heavy atom. The van der Waals surface area contributed by atoms with Crippen LogP contribution in [0.2, 0.25) is 5.02 Å². The van der Waals surface area contributed by atoms with Crippen LogP contribution in [-0.4, -0.2) is 99.0 Å². The number of rotatable bonds is 9. The van der Waals surface area contributed by atoms with E-state index < -0.39 is 6.35 Å². The zero-order chi connectivity index (χ0) is 40.4. The third kappa shape index (κ3) is 6.95. The number of halogens is 1. The van der Waals surface area contributed by atoms with E-state index in [1.54, 1.807) is 33.8 Å². The molecule has 0 bridgehead atoms. The molecule has 4 fully saturated rings. The SMILES string of the molecule is CNc1cc(N2CCc3c(-c4ccc(OC5CC6(CCN(C(=O)c7ccc(Cl)c(N8CCC(=O)NC8O)c7)CC6)C5)cn4)cccc32)nn2c(C(=O)NC3CC3)cnc12. The molecule has 2 saturated heterocycles. The van der Waals surface area contributed by atoms with Crippen LogP contribution in [0.3, 0.4) is 0 Å². The van der Waals surface area contributed by atoms with Crippen molar-refractivity contribution in [1.82, 2.24) is 35.1 Å². The Morgan fingerprint density at radius 1 is 0.966 bits per heavy atom. The molecule has 10 rings (SSSR count). The molecular weight excluding hydrogens is 772 g/mol. The zero-order valence-corrected chi connectivity index (χ0v) is 33.4. The number of fused-ring (bicyclic) bond motifs is 2. The Kier molecular flexibility index (Phi) is 9.31. The number of benzene rings is 2. The number of carbonyl (C=O) groups excluding carboxylic acids is 3. The molecule has 4 N–H and O–H groups in total. The van der Waals surface area contributed by atoms with Crippen molar-refractivity contribution in [2.24, 2.45) is 5.41 Å². The van der Waals surface area contributed by atoms with Gasteiger partial charge in [0.2, 0.25) is 12.3 Å². The summed E-state index contributed by atoms with van der Waals surface area (Å²) in [6.45, 7) is 2.35. The van der Waals surface area contributed by atoms with Crippen LogP contribution in [0, 0.1) is 5.41 Å². The lowest BCUT2D eigenvalue weighted by molar-refractivity contribution is -0.125. The van der Waals surface area contributed by atoms with Crippen LogP contribution in [0.25, 0.3) is 16.9 Å². The van der Waals surface area contributed by atoms with Crippen molar-refractivity contribution in [2.75, 3.05) is 48.3 Å². The molecule has 2 saturated carbocycles. The minimum absolute atomic E-state index is 0.0672. The fraction of sp³-hybridized carbons (Fsp3) is 0.395. The van der Waals surface area contributed by atoms with Crippen molar-refractivity contribution >= 4 is 57.8 Å². The highest BCUT2D eigenvalue weighted by Crippen LogP contribution is 2.50. The number of anilines is 4. The van der Waals surface area contributed by atoms with E-state index in [-0.39, 0.29) is 41.7 Å². The van der Waals surface area contributed by atoms with Gasteiger partial charge in [0, 0.05) is 68.6 Å². The van der Waals surface area contributed by atoms with Crippen molar-refractivity contribution in [2.45, 2.75) is 69.9 Å². The van der Waals surface area contributed by atoms with Gasteiger partial charge < -0.3 is 40.5 Å². The molecule has 3 aliphatic heterocycles. The molecule has 5 aromatic rings. The number of hydrogen-bond acceptors (Lipinski definition) is 11. The van der Waals surface area contributed by atoms with Gasteiger partial charge in [-0.1, -0.05) is 23.7 Å². The predicted octanol–water partition coefficient (Wildman–Crippen LogP) is 5.14. The second kappa shape index (κ2) is 14.7. The second-order valence-electron chi connectivity index (χ2n) is 16.4. The van der Waals surface area contributed by atoms with Crippen LogP contribution in [-0.2, 0) is 11.2 Å². The maximum absolute atomic E-state index is 13.6. The molecule has 0 radical (unpaired) electrons. The highest BCUT2D eigenvalue weighted by atomic mass is 35.5. The topological polar surface area (TPSA) is 170 Å². The van der Waals surface area contributed by atoms with Crippen molar-refractivity contribution in [3.63, 3.8) is 0 Å². The molecule has 1 unspecified atom stereocenters. The van der Waals surface area contributed by atoms with E-state index in [1.807, 2.05) is 42.4 Å². The van der Waals surface area contributed by atoms with Gasteiger partial charge in [-0.25, -0.2) is 9.50 Å². The van der Waals surface area contributed by atoms with E-state index in [4.69, 9.17) is 26.4 Å². The second-order valence-corrected chi connectivity index (χ2v) is 16.8. The van der Waals surface area contributed by atoms with Gasteiger partial charge in [-0.3, -0.25) is 19.4 Å². The molecule has 6 heterocycles. The summed E-state index contributed by atoms with van der Waals surface area (Å²) in [6, 6.07) is 17.6. The van der Waals surface area contributed by atoms with E-state index in [0.717, 1.165) is 85.7 Å². The molecule has 1 atom stereocenters. The number of amides is 3. The fourth-order valence-corrected chi connectivity index (χ4v) is 9.37. The zero-order valence-electron chi connectivity index (χ0n) is 32.7. The summed E-state index contributed by atoms with van der Waals surface area (Å²) in [4.78, 5) is 53.3. The molecule has 16 heteroatoms. The molecule has 2 aromatic carbocycles. The smallest absolute Gasteiger partial charge is 0.271 e. The minimum Gasteiger partial charge on any atom is -0.489 e. The molecule has 3 amide bonds. The van der Waals surface area contributed by atoms with Crippen molar-refractivity contribution in [1.29, 1.82) is 0 Å². The predicted molar refractivity (Wildman–Crippen MR) is 222 cm³/mol. The van der Waals surface area contributed by atoms with Crippen molar-refractivity contribution in [3.8, 4) is 17.0 Å². The van der Waals surface area contributed by atoms with Gasteiger partial charge in [-0.15, -0.1) is 5.10 Å². The van der Waals surface area contributed by atoms with Crippen molar-refractivity contribution < 1.29 is 24.2 Å². The maximum atomic E-state index is 13.6. The van der Waals surface area contributed by atoms with Crippen LogP contribution >= 0.6 is 11.6 Å². The largest absolute Gasteiger partial charge is 0.489 e. The molecule has 3 aromatic heterocycles. The van der Waals surface area contributed by atoms with Gasteiger partial charge in [0.05, 0.1) is 40.6 Å². The molecule has 304 valence electrons. The standard InChI is InChI=1S/C43H45ClN10O5/c1-45-33-20-37(50-54-36(24-47-39(33)54)40(56)48-26-6-7-26)52-15-11-30-29(3-2-4-34(30)52)32-10-8-27(23-46-32)59-28-21-43(22-28)13-17-51(18-14-43)41(57)25-5-9-31(44)35(19-25)53-16-12-38(55)49-42(53)58/h2-5,8-10,19-20,23-24,26,28,42,45,58H,6-7,11-18,21-22H2,1H3,(H,48,56)(H,49,55).